The lowest BCUT2D eigenvalue weighted by Gasteiger charge is -2.15. The molecule has 0 radical (unpaired) electrons. The van der Waals surface area contributed by atoms with E-state index in [-0.39, 0.29) is 93.8 Å². The summed E-state index contributed by atoms with van der Waals surface area (Å²) in [6.07, 6.45) is -2.42. The van der Waals surface area contributed by atoms with Crippen molar-refractivity contribution >= 4 is 64.6 Å². The number of benzene rings is 4. The van der Waals surface area contributed by atoms with Crippen LogP contribution in [-0.4, -0.2) is 102 Å². The molecule has 71 heavy (non-hydrogen) atoms. The number of hydrogen-bond donors (Lipinski definition) is 8. The van der Waals surface area contributed by atoms with Crippen molar-refractivity contribution in [3.63, 3.8) is 0 Å². The number of hydrogen-bond acceptors (Lipinski definition) is 14. The maximum absolute atomic E-state index is 14.0. The molecule has 1 aromatic heterocycles. The van der Waals surface area contributed by atoms with Crippen molar-refractivity contribution in [1.29, 1.82) is 5.26 Å². The second-order valence-electron chi connectivity index (χ2n) is 15.2. The van der Waals surface area contributed by atoms with Gasteiger partial charge in [-0.2, -0.15) is 9.98 Å². The molecule has 0 fully saturated rings. The second-order valence-corrected chi connectivity index (χ2v) is 20.1. The third-order valence-electron chi connectivity index (χ3n) is 9.87. The van der Waals surface area contributed by atoms with Gasteiger partial charge in [0, 0.05) is 35.2 Å². The summed E-state index contributed by atoms with van der Waals surface area (Å²) in [6, 6.07) is 20.0. The van der Waals surface area contributed by atoms with Crippen LogP contribution >= 0.6 is 18.9 Å². The first kappa shape index (κ1) is 54.3. The molecule has 5 rings (SSSR count). The van der Waals surface area contributed by atoms with E-state index in [0.717, 1.165) is 23.5 Å². The van der Waals surface area contributed by atoms with Gasteiger partial charge in [-0.15, -0.1) is 11.3 Å². The van der Waals surface area contributed by atoms with E-state index in [4.69, 9.17) is 19.3 Å². The van der Waals surface area contributed by atoms with Crippen LogP contribution in [0.3, 0.4) is 0 Å². The van der Waals surface area contributed by atoms with Gasteiger partial charge in [-0.3, -0.25) is 28.8 Å². The third kappa shape index (κ3) is 16.5. The van der Waals surface area contributed by atoms with Crippen molar-refractivity contribution in [3.8, 4) is 33.8 Å². The molecule has 0 saturated carbocycles. The van der Waals surface area contributed by atoms with Crippen LogP contribution in [0.1, 0.15) is 61.4 Å². The molecule has 25 heteroatoms. The average Bonchev–Trinajstić information content (AvgIpc) is 3.81. The smallest absolute Gasteiger partial charge is 0.391 e. The van der Waals surface area contributed by atoms with Crippen molar-refractivity contribution in [2.45, 2.75) is 42.7 Å². The largest absolute Gasteiger partial charge is 0.490 e. The quantitative estimate of drug-likeness (QED) is 0.0258. The number of rotatable bonds is 27. The maximum Gasteiger partial charge on any atom is 0.391 e. The van der Waals surface area contributed by atoms with Crippen LogP contribution in [0.4, 0.5) is 4.39 Å². The molecule has 1 atom stereocenters. The molecule has 0 spiro atoms. The van der Waals surface area contributed by atoms with Crippen molar-refractivity contribution in [2.24, 2.45) is 0 Å². The Balaban J connectivity index is 1.25. The average molecular weight is 1040 g/mol. The first-order chi connectivity index (χ1) is 33.6. The zero-order chi connectivity index (χ0) is 51.9. The molecule has 1 unspecified atom stereocenters. The molecule has 8 N–H and O–H groups in total. The van der Waals surface area contributed by atoms with Gasteiger partial charge in [0.2, 0.25) is 0 Å². The maximum atomic E-state index is 14.0. The zero-order valence-electron chi connectivity index (χ0n) is 37.1. The van der Waals surface area contributed by atoms with Gasteiger partial charge < -0.3 is 50.0 Å². The van der Waals surface area contributed by atoms with Crippen LogP contribution < -0.4 is 29.4 Å². The topological polar surface area (TPSA) is 342 Å². The number of nitriles is 1. The van der Waals surface area contributed by atoms with Crippen molar-refractivity contribution in [2.75, 3.05) is 32.6 Å². The summed E-state index contributed by atoms with van der Waals surface area (Å²) in [6.45, 7) is 0.216. The molecular formula is C46H44FN4O17PS2. The number of sulfonamides is 1. The Morgan fingerprint density at radius 2 is 1.18 bits per heavy atom. The van der Waals surface area contributed by atoms with Gasteiger partial charge in [0.1, 0.15) is 28.1 Å². The van der Waals surface area contributed by atoms with Gasteiger partial charge in [-0.05, 0) is 107 Å². The molecule has 5 aromatic rings. The van der Waals surface area contributed by atoms with Crippen LogP contribution in [0.15, 0.2) is 89.1 Å². The molecule has 21 nitrogen and oxygen atoms in total. The van der Waals surface area contributed by atoms with E-state index in [0.29, 0.717) is 16.5 Å². The fourth-order valence-corrected chi connectivity index (χ4v) is 10.4. The Bertz CT molecular complexity index is 3050. The van der Waals surface area contributed by atoms with Crippen LogP contribution in [0.5, 0.6) is 17.2 Å². The Hall–Kier alpha value is -7.68. The number of ether oxygens (including phenoxy) is 2. The normalized spacial score (nSPS) is 11.9. The highest BCUT2D eigenvalue weighted by Crippen LogP contribution is 2.43. The van der Waals surface area contributed by atoms with Gasteiger partial charge >= 0.3 is 31.5 Å². The Labute approximate surface area is 408 Å². The van der Waals surface area contributed by atoms with Gasteiger partial charge in [0.15, 0.2) is 11.5 Å². The van der Waals surface area contributed by atoms with Crippen LogP contribution in [-0.2, 0) is 59.4 Å². The minimum absolute atomic E-state index is 0.000524. The molecule has 0 aliphatic carbocycles. The molecule has 1 heterocycles. The second kappa shape index (κ2) is 24.7. The lowest BCUT2D eigenvalue weighted by Crippen LogP contribution is -2.26. The number of nitrogens with zero attached hydrogens (tertiary/aromatic N) is 1. The first-order valence-corrected chi connectivity index (χ1v) is 25.1. The summed E-state index contributed by atoms with van der Waals surface area (Å²) in [5.41, 5.74) is 1.22. The van der Waals surface area contributed by atoms with E-state index in [1.165, 1.54) is 48.5 Å². The number of carbonyl (C=O) groups is 6. The van der Waals surface area contributed by atoms with Crippen LogP contribution in [0.25, 0.3) is 10.4 Å². The molecule has 2 amide bonds. The standard InChI is InChI=1S/C46H44FN4O17PS2/c47-36-24-35(9-7-32(36)25-48)68-69(62,63)26-51-71(64,65)44-12-11-39(70-44)29-8-10-37(66-15-1-13-49-45(60)30-5-3-27(20-40(52)53)33(17-30)22-42(56)57)38(19-29)67-16-2-14-50-46(61)31-6-4-28(21-41(54)55)34(18-31)23-43(58)59/h3-12,17-19,24,51H,1-2,13-16,20-23,26H2,(H,49,60)(H,50,61)(H,52,53)(H,54,55)(H,56,57)(H,58,59)(H,62,63). The number of carbonyl (C=O) groups excluding carboxylic acids is 2. The van der Waals surface area contributed by atoms with Gasteiger partial charge in [0.05, 0.1) is 44.5 Å². The van der Waals surface area contributed by atoms with Gasteiger partial charge in [-0.1, -0.05) is 12.1 Å². The molecular weight excluding hydrogens is 995 g/mol. The van der Waals surface area contributed by atoms with Crippen LogP contribution in [0, 0.1) is 17.1 Å². The first-order valence-electron chi connectivity index (χ1n) is 21.0. The zero-order valence-corrected chi connectivity index (χ0v) is 39.6. The molecule has 0 saturated heterocycles. The summed E-state index contributed by atoms with van der Waals surface area (Å²) in [5, 5.41) is 51.3. The highest BCUT2D eigenvalue weighted by molar-refractivity contribution is 7.92. The molecule has 4 aromatic carbocycles. The highest BCUT2D eigenvalue weighted by atomic mass is 32.2. The summed E-state index contributed by atoms with van der Waals surface area (Å²) in [5.74, 6) is -6.84. The van der Waals surface area contributed by atoms with E-state index in [1.54, 1.807) is 24.3 Å². The molecule has 374 valence electrons. The van der Waals surface area contributed by atoms with E-state index in [2.05, 4.69) is 10.6 Å². The van der Waals surface area contributed by atoms with E-state index < -0.39 is 96.8 Å². The Kier molecular flexibility index (Phi) is 18.9. The number of amides is 2. The van der Waals surface area contributed by atoms with E-state index >= 15 is 0 Å². The van der Waals surface area contributed by atoms with Gasteiger partial charge in [0.25, 0.3) is 21.8 Å². The number of thiophene rings is 1. The van der Waals surface area contributed by atoms with Crippen molar-refractivity contribution in [1.82, 2.24) is 15.4 Å². The summed E-state index contributed by atoms with van der Waals surface area (Å²) in [4.78, 5) is 81.9. The number of halogens is 1. The Morgan fingerprint density at radius 1 is 0.662 bits per heavy atom. The minimum atomic E-state index is -4.71. The summed E-state index contributed by atoms with van der Waals surface area (Å²) >= 11 is 0.797. The number of carboxylic acid groups (broad SMARTS) is 4. The number of nitrogens with one attached hydrogen (secondary N) is 3. The lowest BCUT2D eigenvalue weighted by molar-refractivity contribution is -0.137. The lowest BCUT2D eigenvalue weighted by atomic mass is 9.98. The monoisotopic (exact) mass is 1040 g/mol. The fraction of sp³-hybridized carbons (Fsp3) is 0.239. The fourth-order valence-electron chi connectivity index (χ4n) is 6.57. The SMILES string of the molecule is N#Cc1ccc(OP(=O)(O)CNS(=O)(=O)c2ccc(-c3ccc(OCCCNC(=O)c4ccc(CC(=O)O)c(CC(=O)O)c4)c(OCCCNC(=O)c4ccc(CC(=O)O)c(CC(=O)O)c4)c3)s2)cc1F. The third-order valence-corrected chi connectivity index (χ3v) is 14.2. The Morgan fingerprint density at radius 3 is 1.69 bits per heavy atom. The molecule has 0 bridgehead atoms. The van der Waals surface area contributed by atoms with Gasteiger partial charge in [-0.25, -0.2) is 17.4 Å². The summed E-state index contributed by atoms with van der Waals surface area (Å²) in [7, 11) is -9.12. The van der Waals surface area contributed by atoms with Crippen molar-refractivity contribution < 1.29 is 85.5 Å². The molecule has 0 aliphatic heterocycles. The molecule has 0 aliphatic rings. The predicted octanol–water partition coefficient (Wildman–Crippen LogP) is 4.83. The van der Waals surface area contributed by atoms with Crippen LogP contribution in [0.2, 0.25) is 0 Å². The predicted molar refractivity (Wildman–Crippen MR) is 250 cm³/mol. The number of aliphatic carboxylic acids is 4. The number of carboxylic acids is 4. The van der Waals surface area contributed by atoms with E-state index in [1.807, 2.05) is 4.72 Å². The van der Waals surface area contributed by atoms with E-state index in [9.17, 15) is 71.5 Å². The summed E-state index contributed by atoms with van der Waals surface area (Å²) < 4.78 is 71.9. The minimum Gasteiger partial charge on any atom is -0.490 e. The highest BCUT2D eigenvalue weighted by Gasteiger charge is 2.27. The van der Waals surface area contributed by atoms with Crippen molar-refractivity contribution in [3.05, 3.63) is 130 Å².